The maximum atomic E-state index is 12.7. The molecule has 0 radical (unpaired) electrons. The molecule has 0 saturated heterocycles. The molecular weight excluding hydrogens is 405 g/mol. The standard InChI is InChI=1S/C20H15F3N2O5/c1-11(25-17(27)14-7-2-3-8-15(14)18(25)28)19(29)30-10-16(26)24-13-6-4-5-12(9-13)20(21,22)23/h2-9,11H,10H2,1H3,(H,24,26)/t11-/m1/s1. The van der Waals surface area contributed by atoms with Gasteiger partial charge in [-0.1, -0.05) is 18.2 Å². The first kappa shape index (κ1) is 21.0. The van der Waals surface area contributed by atoms with Gasteiger partial charge in [0.05, 0.1) is 16.7 Å². The molecule has 0 bridgehead atoms. The predicted octanol–water partition coefficient (Wildman–Crippen LogP) is 2.87. The van der Waals surface area contributed by atoms with E-state index in [0.717, 1.165) is 23.1 Å². The van der Waals surface area contributed by atoms with Gasteiger partial charge >= 0.3 is 12.1 Å². The molecule has 1 aliphatic rings. The van der Waals surface area contributed by atoms with Gasteiger partial charge in [0.25, 0.3) is 17.7 Å². The highest BCUT2D eigenvalue weighted by atomic mass is 19.4. The summed E-state index contributed by atoms with van der Waals surface area (Å²) in [5.41, 5.74) is -0.760. The molecule has 156 valence electrons. The number of nitrogens with zero attached hydrogens (tertiary/aromatic N) is 1. The second kappa shape index (κ2) is 7.97. The number of fused-ring (bicyclic) bond motifs is 1. The molecular formula is C20H15F3N2O5. The molecule has 3 rings (SSSR count). The first-order chi connectivity index (χ1) is 14.1. The van der Waals surface area contributed by atoms with Crippen LogP contribution in [0, 0.1) is 0 Å². The van der Waals surface area contributed by atoms with Gasteiger partial charge in [-0.2, -0.15) is 13.2 Å². The number of rotatable bonds is 5. The average Bonchev–Trinajstić information content (AvgIpc) is 2.96. The summed E-state index contributed by atoms with van der Waals surface area (Å²) in [6.45, 7) is 0.470. The van der Waals surface area contributed by atoms with Gasteiger partial charge < -0.3 is 10.1 Å². The number of halogens is 3. The van der Waals surface area contributed by atoms with Crippen molar-refractivity contribution < 1.29 is 37.1 Å². The van der Waals surface area contributed by atoms with Gasteiger partial charge in [0.15, 0.2) is 6.61 Å². The van der Waals surface area contributed by atoms with Gasteiger partial charge in [-0.25, -0.2) is 4.79 Å². The molecule has 7 nitrogen and oxygen atoms in total. The number of amides is 3. The maximum Gasteiger partial charge on any atom is 0.416 e. The Hall–Kier alpha value is -3.69. The Morgan fingerprint density at radius 3 is 2.20 bits per heavy atom. The summed E-state index contributed by atoms with van der Waals surface area (Å²) in [5, 5.41) is 2.19. The lowest BCUT2D eigenvalue weighted by molar-refractivity contribution is -0.150. The van der Waals surface area contributed by atoms with E-state index in [1.54, 1.807) is 12.1 Å². The van der Waals surface area contributed by atoms with Crippen LogP contribution >= 0.6 is 0 Å². The minimum Gasteiger partial charge on any atom is -0.454 e. The van der Waals surface area contributed by atoms with Crippen molar-refractivity contribution in [2.75, 3.05) is 11.9 Å². The van der Waals surface area contributed by atoms with Gasteiger partial charge in [-0.05, 0) is 37.3 Å². The molecule has 0 unspecified atom stereocenters. The lowest BCUT2D eigenvalue weighted by Crippen LogP contribution is -2.44. The molecule has 3 amide bonds. The summed E-state index contributed by atoms with van der Waals surface area (Å²) in [5.74, 6) is -3.21. The fraction of sp³-hybridized carbons (Fsp3) is 0.200. The van der Waals surface area contributed by atoms with E-state index < -0.39 is 48.1 Å². The summed E-state index contributed by atoms with van der Waals surface area (Å²) in [6.07, 6.45) is -4.57. The highest BCUT2D eigenvalue weighted by Gasteiger charge is 2.41. The zero-order valence-corrected chi connectivity index (χ0v) is 15.5. The van der Waals surface area contributed by atoms with Crippen LogP contribution in [0.4, 0.5) is 18.9 Å². The van der Waals surface area contributed by atoms with Crippen molar-refractivity contribution in [3.05, 3.63) is 65.2 Å². The van der Waals surface area contributed by atoms with E-state index in [1.165, 1.54) is 25.1 Å². The van der Waals surface area contributed by atoms with Crippen LogP contribution in [0.3, 0.4) is 0 Å². The maximum absolute atomic E-state index is 12.7. The smallest absolute Gasteiger partial charge is 0.416 e. The van der Waals surface area contributed by atoms with E-state index in [9.17, 15) is 32.3 Å². The summed E-state index contributed by atoms with van der Waals surface area (Å²) in [4.78, 5) is 49.6. The lowest BCUT2D eigenvalue weighted by atomic mass is 10.1. The SMILES string of the molecule is C[C@H](C(=O)OCC(=O)Nc1cccc(C(F)(F)F)c1)N1C(=O)c2ccccc2C1=O. The minimum absolute atomic E-state index is 0.126. The van der Waals surface area contributed by atoms with Crippen LogP contribution in [0.2, 0.25) is 0 Å². The summed E-state index contributed by atoms with van der Waals surface area (Å²) in [7, 11) is 0. The zero-order chi connectivity index (χ0) is 22.1. The first-order valence-corrected chi connectivity index (χ1v) is 8.70. The molecule has 0 aliphatic carbocycles. The molecule has 10 heteroatoms. The summed E-state index contributed by atoms with van der Waals surface area (Å²) >= 11 is 0. The molecule has 2 aromatic rings. The Labute approximate surface area is 168 Å². The topological polar surface area (TPSA) is 92.8 Å². The monoisotopic (exact) mass is 420 g/mol. The number of hydrogen-bond donors (Lipinski definition) is 1. The van der Waals surface area contributed by atoms with Crippen LogP contribution in [-0.4, -0.2) is 41.2 Å². The van der Waals surface area contributed by atoms with Crippen molar-refractivity contribution >= 4 is 29.4 Å². The number of carbonyl (C=O) groups excluding carboxylic acids is 4. The van der Waals surface area contributed by atoms with Gasteiger partial charge in [0.2, 0.25) is 0 Å². The molecule has 0 fully saturated rings. The molecule has 1 atom stereocenters. The van der Waals surface area contributed by atoms with E-state index in [2.05, 4.69) is 5.32 Å². The predicted molar refractivity (Wildman–Crippen MR) is 97.4 cm³/mol. The van der Waals surface area contributed by atoms with E-state index in [4.69, 9.17) is 4.74 Å². The van der Waals surface area contributed by atoms with Crippen LogP contribution < -0.4 is 5.32 Å². The number of hydrogen-bond acceptors (Lipinski definition) is 5. The number of anilines is 1. The van der Waals surface area contributed by atoms with Gasteiger partial charge in [-0.3, -0.25) is 19.3 Å². The van der Waals surface area contributed by atoms with Crippen LogP contribution in [0.25, 0.3) is 0 Å². The van der Waals surface area contributed by atoms with Crippen LogP contribution in [0.5, 0.6) is 0 Å². The molecule has 2 aromatic carbocycles. The Kier molecular flexibility index (Phi) is 5.59. The number of alkyl halides is 3. The summed E-state index contributed by atoms with van der Waals surface area (Å²) in [6, 6.07) is 8.72. The molecule has 0 spiro atoms. The Morgan fingerprint density at radius 1 is 1.03 bits per heavy atom. The Balaban J connectivity index is 1.59. The van der Waals surface area contributed by atoms with Crippen LogP contribution in [0.1, 0.15) is 33.2 Å². The Morgan fingerprint density at radius 2 is 1.63 bits per heavy atom. The first-order valence-electron chi connectivity index (χ1n) is 8.70. The van der Waals surface area contributed by atoms with Crippen molar-refractivity contribution in [3.8, 4) is 0 Å². The minimum atomic E-state index is -4.57. The number of esters is 1. The second-order valence-corrected chi connectivity index (χ2v) is 6.44. The fourth-order valence-electron chi connectivity index (χ4n) is 2.89. The third kappa shape index (κ3) is 4.17. The third-order valence-corrected chi connectivity index (χ3v) is 4.37. The highest BCUT2D eigenvalue weighted by molar-refractivity contribution is 6.22. The van der Waals surface area contributed by atoms with Gasteiger partial charge in [0.1, 0.15) is 6.04 Å². The van der Waals surface area contributed by atoms with Crippen LogP contribution in [0.15, 0.2) is 48.5 Å². The normalized spacial score (nSPS) is 14.3. The molecule has 30 heavy (non-hydrogen) atoms. The van der Waals surface area contributed by atoms with Crippen molar-refractivity contribution in [2.24, 2.45) is 0 Å². The lowest BCUT2D eigenvalue weighted by Gasteiger charge is -2.20. The van der Waals surface area contributed by atoms with Gasteiger partial charge in [-0.15, -0.1) is 0 Å². The zero-order valence-electron chi connectivity index (χ0n) is 15.5. The van der Waals surface area contributed by atoms with Crippen molar-refractivity contribution in [3.63, 3.8) is 0 Å². The number of ether oxygens (including phenoxy) is 1. The molecule has 0 aromatic heterocycles. The number of imide groups is 1. The van der Waals surface area contributed by atoms with Crippen LogP contribution in [-0.2, 0) is 20.5 Å². The molecule has 1 heterocycles. The second-order valence-electron chi connectivity index (χ2n) is 6.44. The molecule has 1 N–H and O–H groups in total. The molecule has 0 saturated carbocycles. The molecule has 1 aliphatic heterocycles. The van der Waals surface area contributed by atoms with E-state index in [-0.39, 0.29) is 16.8 Å². The average molecular weight is 420 g/mol. The largest absolute Gasteiger partial charge is 0.454 e. The van der Waals surface area contributed by atoms with Crippen molar-refractivity contribution in [2.45, 2.75) is 19.1 Å². The van der Waals surface area contributed by atoms with Gasteiger partial charge in [0, 0.05) is 5.69 Å². The van der Waals surface area contributed by atoms with Crippen molar-refractivity contribution in [1.82, 2.24) is 4.90 Å². The number of carbonyl (C=O) groups is 4. The quantitative estimate of drug-likeness (QED) is 0.593. The highest BCUT2D eigenvalue weighted by Crippen LogP contribution is 2.30. The number of benzene rings is 2. The number of nitrogens with one attached hydrogen (secondary N) is 1. The van der Waals surface area contributed by atoms with Crippen molar-refractivity contribution in [1.29, 1.82) is 0 Å². The Bertz CT molecular complexity index is 1000. The van der Waals surface area contributed by atoms with E-state index >= 15 is 0 Å². The fourth-order valence-corrected chi connectivity index (χ4v) is 2.89. The summed E-state index contributed by atoms with van der Waals surface area (Å²) < 4.78 is 43.0. The van der Waals surface area contributed by atoms with E-state index in [1.807, 2.05) is 0 Å². The van der Waals surface area contributed by atoms with E-state index in [0.29, 0.717) is 0 Å². The third-order valence-electron chi connectivity index (χ3n) is 4.37.